The summed E-state index contributed by atoms with van der Waals surface area (Å²) < 4.78 is 35.1. The molecule has 0 radical (unpaired) electrons. The minimum absolute atomic E-state index is 0.00352. The van der Waals surface area contributed by atoms with E-state index in [0.717, 1.165) is 5.56 Å². The number of amides is 2. The lowest BCUT2D eigenvalue weighted by atomic mass is 10.2. The van der Waals surface area contributed by atoms with E-state index in [-0.39, 0.29) is 24.2 Å². The largest absolute Gasteiger partial charge is 0.447 e. The number of hydrogen-bond donors (Lipinski definition) is 2. The Morgan fingerprint density at radius 3 is 2.30 bits per heavy atom. The first kappa shape index (κ1) is 18.8. The Balaban J connectivity index is 2.38. The maximum absolute atomic E-state index is 11.9. The van der Waals surface area contributed by atoms with Crippen LogP contribution in [0.25, 0.3) is 0 Å². The highest BCUT2D eigenvalue weighted by Gasteiger charge is 2.18. The van der Waals surface area contributed by atoms with Crippen molar-refractivity contribution in [2.24, 2.45) is 0 Å². The summed E-state index contributed by atoms with van der Waals surface area (Å²) in [6.45, 7) is 5.01. The lowest BCUT2D eigenvalue weighted by molar-refractivity contribution is 0.110. The van der Waals surface area contributed by atoms with E-state index in [1.807, 2.05) is 6.92 Å². The molecule has 0 aliphatic rings. The molecule has 8 nitrogen and oxygen atoms in total. The van der Waals surface area contributed by atoms with Gasteiger partial charge in [0.25, 0.3) is 10.0 Å². The molecule has 0 bridgehead atoms. The zero-order valence-electron chi connectivity index (χ0n) is 13.2. The Kier molecular flexibility index (Phi) is 6.83. The maximum atomic E-state index is 11.9. The molecular formula is C14H20N2O6S. The van der Waals surface area contributed by atoms with Gasteiger partial charge >= 0.3 is 12.2 Å². The Hall–Kier alpha value is -2.29. The number of sulfonamides is 1. The second-order valence-electron chi connectivity index (χ2n) is 4.94. The van der Waals surface area contributed by atoms with Crippen molar-refractivity contribution in [2.45, 2.75) is 31.8 Å². The topological polar surface area (TPSA) is 111 Å². The molecular weight excluding hydrogens is 324 g/mol. The van der Waals surface area contributed by atoms with Crippen LogP contribution in [0.15, 0.2) is 29.2 Å². The van der Waals surface area contributed by atoms with E-state index in [1.54, 1.807) is 30.7 Å². The van der Waals surface area contributed by atoms with Crippen molar-refractivity contribution in [3.63, 3.8) is 0 Å². The third-order valence-electron chi connectivity index (χ3n) is 2.50. The molecule has 0 aliphatic heterocycles. The van der Waals surface area contributed by atoms with Gasteiger partial charge < -0.3 is 14.8 Å². The fourth-order valence-electron chi connectivity index (χ4n) is 1.47. The molecule has 0 fully saturated rings. The maximum Gasteiger partial charge on any atom is 0.421 e. The van der Waals surface area contributed by atoms with E-state index in [9.17, 15) is 18.0 Å². The first-order chi connectivity index (χ1) is 10.7. The fourth-order valence-corrected chi connectivity index (χ4v) is 2.36. The third-order valence-corrected chi connectivity index (χ3v) is 3.82. The minimum Gasteiger partial charge on any atom is -0.447 e. The molecule has 0 atom stereocenters. The number of hydrogen-bond acceptors (Lipinski definition) is 6. The molecule has 0 aliphatic carbocycles. The number of rotatable bonds is 6. The average molecular weight is 344 g/mol. The van der Waals surface area contributed by atoms with Gasteiger partial charge in [-0.15, -0.1) is 0 Å². The highest BCUT2D eigenvalue weighted by Crippen LogP contribution is 2.09. The van der Waals surface area contributed by atoms with Gasteiger partial charge in [0.05, 0.1) is 17.5 Å². The van der Waals surface area contributed by atoms with Crippen LogP contribution < -0.4 is 10.0 Å². The highest BCUT2D eigenvalue weighted by molar-refractivity contribution is 7.90. The van der Waals surface area contributed by atoms with E-state index in [0.29, 0.717) is 0 Å². The number of nitrogens with one attached hydrogen (secondary N) is 2. The second-order valence-corrected chi connectivity index (χ2v) is 6.62. The summed E-state index contributed by atoms with van der Waals surface area (Å²) >= 11 is 0. The van der Waals surface area contributed by atoms with Gasteiger partial charge in [-0.2, -0.15) is 0 Å². The Morgan fingerprint density at radius 1 is 1.13 bits per heavy atom. The summed E-state index contributed by atoms with van der Waals surface area (Å²) in [6, 6.07) is 6.00. The molecule has 0 saturated heterocycles. The molecule has 2 amide bonds. The molecule has 0 aromatic heterocycles. The van der Waals surface area contributed by atoms with E-state index in [2.05, 4.69) is 10.1 Å². The molecule has 1 aromatic rings. The number of benzene rings is 1. The Bertz CT molecular complexity index is 640. The molecule has 128 valence electrons. The smallest absolute Gasteiger partial charge is 0.421 e. The van der Waals surface area contributed by atoms with Crippen LogP contribution in [0.1, 0.15) is 19.4 Å². The molecule has 0 unspecified atom stereocenters. The monoisotopic (exact) mass is 344 g/mol. The lowest BCUT2D eigenvalue weighted by Gasteiger charge is -2.10. The molecule has 23 heavy (non-hydrogen) atoms. The number of alkyl carbamates (subject to hydrolysis) is 1. The standard InChI is InChI=1S/C14H20N2O6S/c1-10(2)22-13(17)15-8-9-21-14(18)16-23(19,20)12-6-4-11(3)5-7-12/h4-7,10H,8-9H2,1-3H3,(H,15,17)(H,16,18). The van der Waals surface area contributed by atoms with E-state index in [4.69, 9.17) is 4.74 Å². The van der Waals surface area contributed by atoms with Crippen molar-refractivity contribution in [3.05, 3.63) is 29.8 Å². The lowest BCUT2D eigenvalue weighted by Crippen LogP contribution is -2.34. The fraction of sp³-hybridized carbons (Fsp3) is 0.429. The number of carbonyl (C=O) groups is 2. The predicted octanol–water partition coefficient (Wildman–Crippen LogP) is 1.54. The zero-order valence-corrected chi connectivity index (χ0v) is 14.0. The average Bonchev–Trinajstić information content (AvgIpc) is 2.43. The molecule has 9 heteroatoms. The van der Waals surface area contributed by atoms with Gasteiger partial charge in [0.2, 0.25) is 0 Å². The van der Waals surface area contributed by atoms with Crippen LogP contribution >= 0.6 is 0 Å². The first-order valence-corrected chi connectivity index (χ1v) is 8.40. The molecule has 0 saturated carbocycles. The molecule has 0 heterocycles. The van der Waals surface area contributed by atoms with Crippen molar-refractivity contribution in [3.8, 4) is 0 Å². The molecule has 0 spiro atoms. The summed E-state index contributed by atoms with van der Waals surface area (Å²) in [5.41, 5.74) is 0.894. The van der Waals surface area contributed by atoms with Crippen LogP contribution in [0.5, 0.6) is 0 Å². The summed E-state index contributed by atoms with van der Waals surface area (Å²) in [5, 5.41) is 2.35. The number of ether oxygens (including phenoxy) is 2. The zero-order chi connectivity index (χ0) is 17.5. The highest BCUT2D eigenvalue weighted by atomic mass is 32.2. The van der Waals surface area contributed by atoms with Crippen LogP contribution in [0.2, 0.25) is 0 Å². The third kappa shape index (κ3) is 7.00. The van der Waals surface area contributed by atoms with Gasteiger partial charge in [-0.3, -0.25) is 0 Å². The van der Waals surface area contributed by atoms with Crippen LogP contribution in [0.4, 0.5) is 9.59 Å². The van der Waals surface area contributed by atoms with Crippen molar-refractivity contribution >= 4 is 22.2 Å². The van der Waals surface area contributed by atoms with Gasteiger partial charge in [0.1, 0.15) is 6.61 Å². The first-order valence-electron chi connectivity index (χ1n) is 6.91. The minimum atomic E-state index is -3.98. The van der Waals surface area contributed by atoms with E-state index >= 15 is 0 Å². The SMILES string of the molecule is Cc1ccc(S(=O)(=O)NC(=O)OCCNC(=O)OC(C)C)cc1. The van der Waals surface area contributed by atoms with Gasteiger partial charge in [-0.25, -0.2) is 22.7 Å². The summed E-state index contributed by atoms with van der Waals surface area (Å²) in [4.78, 5) is 22.6. The molecule has 1 rings (SSSR count). The number of carbonyl (C=O) groups excluding carboxylic acids is 2. The van der Waals surface area contributed by atoms with Crippen molar-refractivity contribution in [1.29, 1.82) is 0 Å². The van der Waals surface area contributed by atoms with Crippen LogP contribution in [-0.2, 0) is 19.5 Å². The van der Waals surface area contributed by atoms with Crippen LogP contribution in [-0.4, -0.2) is 39.9 Å². The summed E-state index contributed by atoms with van der Waals surface area (Å²) in [6.07, 6.45) is -2.03. The summed E-state index contributed by atoms with van der Waals surface area (Å²) in [5.74, 6) is 0. The predicted molar refractivity (Wildman–Crippen MR) is 82.5 cm³/mol. The molecule has 2 N–H and O–H groups in total. The second kappa shape index (κ2) is 8.37. The molecule has 1 aromatic carbocycles. The van der Waals surface area contributed by atoms with Gasteiger partial charge in [0, 0.05) is 0 Å². The van der Waals surface area contributed by atoms with Gasteiger partial charge in [0.15, 0.2) is 0 Å². The van der Waals surface area contributed by atoms with Crippen LogP contribution in [0, 0.1) is 6.92 Å². The Labute approximate surface area is 135 Å². The van der Waals surface area contributed by atoms with Crippen LogP contribution in [0.3, 0.4) is 0 Å². The van der Waals surface area contributed by atoms with Crippen molar-refractivity contribution in [2.75, 3.05) is 13.2 Å². The number of aryl methyl sites for hydroxylation is 1. The van der Waals surface area contributed by atoms with Gasteiger partial charge in [-0.1, -0.05) is 17.7 Å². The van der Waals surface area contributed by atoms with Gasteiger partial charge in [-0.05, 0) is 32.9 Å². The van der Waals surface area contributed by atoms with Crippen molar-refractivity contribution < 1.29 is 27.5 Å². The quantitative estimate of drug-likeness (QED) is 0.757. The summed E-state index contributed by atoms with van der Waals surface area (Å²) in [7, 11) is -3.98. The van der Waals surface area contributed by atoms with E-state index in [1.165, 1.54) is 12.1 Å². The van der Waals surface area contributed by atoms with Crippen molar-refractivity contribution in [1.82, 2.24) is 10.0 Å². The van der Waals surface area contributed by atoms with E-state index < -0.39 is 22.2 Å². The normalized spacial score (nSPS) is 11.0. The Morgan fingerprint density at radius 2 is 1.74 bits per heavy atom.